The number of ether oxygens (including phenoxy) is 1. The molecule has 2 amide bonds. The van der Waals surface area contributed by atoms with Gasteiger partial charge in [-0.15, -0.1) is 0 Å². The Morgan fingerprint density at radius 1 is 1.30 bits per heavy atom. The van der Waals surface area contributed by atoms with E-state index >= 15 is 0 Å². The van der Waals surface area contributed by atoms with Crippen LogP contribution in [0.3, 0.4) is 0 Å². The number of carbonyl (C=O) groups is 1. The van der Waals surface area contributed by atoms with Gasteiger partial charge in [0.2, 0.25) is 0 Å². The molecular formula is C18H19F3N4O2. The maximum atomic E-state index is 12.7. The molecule has 0 unspecified atom stereocenters. The average molecular weight is 380 g/mol. The van der Waals surface area contributed by atoms with Crippen LogP contribution in [0.1, 0.15) is 12.1 Å². The first-order valence-electron chi connectivity index (χ1n) is 8.35. The van der Waals surface area contributed by atoms with E-state index in [2.05, 4.69) is 20.5 Å². The normalized spacial score (nSPS) is 16.9. The zero-order valence-corrected chi connectivity index (χ0v) is 14.6. The second kappa shape index (κ2) is 7.73. The number of methoxy groups -OCH3 is 1. The minimum Gasteiger partial charge on any atom is -0.494 e. The summed E-state index contributed by atoms with van der Waals surface area (Å²) < 4.78 is 43.1. The zero-order valence-electron chi connectivity index (χ0n) is 14.6. The van der Waals surface area contributed by atoms with Crippen LogP contribution < -0.4 is 20.3 Å². The molecule has 2 heterocycles. The fourth-order valence-electron chi connectivity index (χ4n) is 2.95. The number of rotatable bonds is 4. The number of urea groups is 1. The van der Waals surface area contributed by atoms with Gasteiger partial charge in [-0.25, -0.2) is 9.78 Å². The van der Waals surface area contributed by atoms with Gasteiger partial charge in [-0.05, 0) is 18.6 Å². The molecule has 144 valence electrons. The number of alkyl halides is 3. The average Bonchev–Trinajstić information content (AvgIpc) is 3.10. The predicted octanol–water partition coefficient (Wildman–Crippen LogP) is 3.51. The van der Waals surface area contributed by atoms with Crippen LogP contribution in [0.25, 0.3) is 0 Å². The summed E-state index contributed by atoms with van der Waals surface area (Å²) >= 11 is 0. The Balaban J connectivity index is 1.60. The van der Waals surface area contributed by atoms with Crippen molar-refractivity contribution < 1.29 is 22.7 Å². The zero-order chi connectivity index (χ0) is 19.4. The van der Waals surface area contributed by atoms with Gasteiger partial charge in [-0.1, -0.05) is 18.2 Å². The number of para-hydroxylation sites is 1. The second-order valence-corrected chi connectivity index (χ2v) is 6.13. The molecule has 0 bridgehead atoms. The minimum atomic E-state index is -4.58. The molecule has 1 atom stereocenters. The van der Waals surface area contributed by atoms with Crippen LogP contribution in [-0.4, -0.2) is 37.3 Å². The summed E-state index contributed by atoms with van der Waals surface area (Å²) in [7, 11) is 1.23. The first kappa shape index (κ1) is 18.8. The van der Waals surface area contributed by atoms with E-state index in [1.165, 1.54) is 7.11 Å². The van der Waals surface area contributed by atoms with Gasteiger partial charge in [0.25, 0.3) is 0 Å². The Kier molecular flexibility index (Phi) is 5.38. The van der Waals surface area contributed by atoms with E-state index in [-0.39, 0.29) is 17.5 Å². The third kappa shape index (κ3) is 4.60. The molecule has 0 spiro atoms. The van der Waals surface area contributed by atoms with Gasteiger partial charge in [0, 0.05) is 30.9 Å². The quantitative estimate of drug-likeness (QED) is 0.852. The summed E-state index contributed by atoms with van der Waals surface area (Å²) in [4.78, 5) is 17.7. The molecule has 1 aliphatic rings. The summed E-state index contributed by atoms with van der Waals surface area (Å²) in [6.45, 7) is 1.46. The minimum absolute atomic E-state index is 0.0703. The first-order valence-corrected chi connectivity index (χ1v) is 8.35. The number of nitrogens with zero attached hydrogens (tertiary/aromatic N) is 2. The smallest absolute Gasteiger partial charge is 0.433 e. The SMILES string of the molecule is COc1cc(C(F)(F)F)ncc1NC(=O)N[C@@H]1CCN(c2ccccc2)C1. The Morgan fingerprint density at radius 3 is 2.70 bits per heavy atom. The molecule has 0 aliphatic carbocycles. The van der Waals surface area contributed by atoms with Crippen molar-refractivity contribution in [2.75, 3.05) is 30.4 Å². The number of hydrogen-bond donors (Lipinski definition) is 2. The van der Waals surface area contributed by atoms with Crippen molar-refractivity contribution >= 4 is 17.4 Å². The van der Waals surface area contributed by atoms with Crippen molar-refractivity contribution in [3.8, 4) is 5.75 Å². The molecule has 1 saturated heterocycles. The molecule has 3 rings (SSSR count). The summed E-state index contributed by atoms with van der Waals surface area (Å²) in [6, 6.07) is 10.0. The summed E-state index contributed by atoms with van der Waals surface area (Å²) in [5, 5.41) is 5.32. The van der Waals surface area contributed by atoms with E-state index < -0.39 is 17.9 Å². The molecule has 1 aromatic heterocycles. The fraction of sp³-hybridized carbons (Fsp3) is 0.333. The van der Waals surface area contributed by atoms with Crippen molar-refractivity contribution in [2.24, 2.45) is 0 Å². The van der Waals surface area contributed by atoms with Gasteiger partial charge in [0.15, 0.2) is 0 Å². The van der Waals surface area contributed by atoms with Crippen LogP contribution in [0.2, 0.25) is 0 Å². The number of amides is 2. The molecule has 1 fully saturated rings. The maximum absolute atomic E-state index is 12.7. The van der Waals surface area contributed by atoms with Crippen LogP contribution in [0.4, 0.5) is 29.3 Å². The van der Waals surface area contributed by atoms with Gasteiger partial charge in [-0.2, -0.15) is 13.2 Å². The Labute approximate surface area is 154 Å². The standard InChI is InChI=1S/C18H19F3N4O2/c1-27-15-9-16(18(19,20)21)22-10-14(15)24-17(26)23-12-7-8-25(11-12)13-5-3-2-4-6-13/h2-6,9-10,12H,7-8,11H2,1H3,(H2,23,24,26)/t12-/m1/s1. The lowest BCUT2D eigenvalue weighted by Gasteiger charge is -2.19. The topological polar surface area (TPSA) is 66.5 Å². The number of benzene rings is 1. The fourth-order valence-corrected chi connectivity index (χ4v) is 2.95. The maximum Gasteiger partial charge on any atom is 0.433 e. The van der Waals surface area contributed by atoms with Gasteiger partial charge >= 0.3 is 12.2 Å². The number of carbonyl (C=O) groups excluding carboxylic acids is 1. The van der Waals surface area contributed by atoms with Crippen LogP contribution in [0.15, 0.2) is 42.6 Å². The van der Waals surface area contributed by atoms with Crippen LogP contribution in [-0.2, 0) is 6.18 Å². The molecule has 2 aromatic rings. The van der Waals surface area contributed by atoms with E-state index in [0.717, 1.165) is 30.9 Å². The summed E-state index contributed by atoms with van der Waals surface area (Å²) in [5.41, 5.74) is 0.0660. The molecule has 6 nitrogen and oxygen atoms in total. The van der Waals surface area contributed by atoms with Crippen molar-refractivity contribution in [3.05, 3.63) is 48.3 Å². The lowest BCUT2D eigenvalue weighted by atomic mass is 10.2. The highest BCUT2D eigenvalue weighted by molar-refractivity contribution is 5.91. The lowest BCUT2D eigenvalue weighted by molar-refractivity contribution is -0.141. The molecule has 0 saturated carbocycles. The van der Waals surface area contributed by atoms with Crippen LogP contribution in [0.5, 0.6) is 5.75 Å². The molecule has 2 N–H and O–H groups in total. The monoisotopic (exact) mass is 380 g/mol. The van der Waals surface area contributed by atoms with Crippen LogP contribution in [0, 0.1) is 0 Å². The van der Waals surface area contributed by atoms with Crippen molar-refractivity contribution in [2.45, 2.75) is 18.6 Å². The largest absolute Gasteiger partial charge is 0.494 e. The Morgan fingerprint density at radius 2 is 2.04 bits per heavy atom. The van der Waals surface area contributed by atoms with E-state index in [0.29, 0.717) is 6.54 Å². The highest BCUT2D eigenvalue weighted by Crippen LogP contribution is 2.33. The van der Waals surface area contributed by atoms with E-state index in [1.807, 2.05) is 30.3 Å². The second-order valence-electron chi connectivity index (χ2n) is 6.13. The summed E-state index contributed by atoms with van der Waals surface area (Å²) in [6.07, 6.45) is -2.88. The number of nitrogens with one attached hydrogen (secondary N) is 2. The van der Waals surface area contributed by atoms with E-state index in [1.54, 1.807) is 0 Å². The van der Waals surface area contributed by atoms with Gasteiger partial charge in [0.05, 0.1) is 13.3 Å². The van der Waals surface area contributed by atoms with Gasteiger partial charge < -0.3 is 20.3 Å². The highest BCUT2D eigenvalue weighted by Gasteiger charge is 2.33. The van der Waals surface area contributed by atoms with Crippen molar-refractivity contribution in [3.63, 3.8) is 0 Å². The number of pyridine rings is 1. The van der Waals surface area contributed by atoms with Crippen LogP contribution >= 0.6 is 0 Å². The number of hydrogen-bond acceptors (Lipinski definition) is 4. The number of halogens is 3. The molecular weight excluding hydrogens is 361 g/mol. The third-order valence-corrected chi connectivity index (χ3v) is 4.27. The van der Waals surface area contributed by atoms with Gasteiger partial charge in [-0.3, -0.25) is 0 Å². The predicted molar refractivity (Wildman–Crippen MR) is 95.0 cm³/mol. The van der Waals surface area contributed by atoms with E-state index in [9.17, 15) is 18.0 Å². The lowest BCUT2D eigenvalue weighted by Crippen LogP contribution is -2.39. The molecule has 0 radical (unpaired) electrons. The Bertz CT molecular complexity index is 799. The molecule has 1 aliphatic heterocycles. The third-order valence-electron chi connectivity index (χ3n) is 4.27. The van der Waals surface area contributed by atoms with E-state index in [4.69, 9.17) is 4.74 Å². The molecule has 27 heavy (non-hydrogen) atoms. The first-order chi connectivity index (χ1) is 12.9. The number of anilines is 2. The summed E-state index contributed by atoms with van der Waals surface area (Å²) in [5.74, 6) is -0.107. The van der Waals surface area contributed by atoms with Gasteiger partial charge in [0.1, 0.15) is 17.1 Å². The van der Waals surface area contributed by atoms with Crippen molar-refractivity contribution in [1.82, 2.24) is 10.3 Å². The molecule has 9 heteroatoms. The van der Waals surface area contributed by atoms with Crippen molar-refractivity contribution in [1.29, 1.82) is 0 Å². The molecule has 1 aromatic carbocycles. The highest BCUT2D eigenvalue weighted by atomic mass is 19.4. The Hall–Kier alpha value is -2.97. The number of aromatic nitrogens is 1.